The number of carbonyl (C=O) groups excluding carboxylic acids is 1. The lowest BCUT2D eigenvalue weighted by atomic mass is 10.3. The van der Waals surface area contributed by atoms with Crippen molar-refractivity contribution in [2.45, 2.75) is 19.9 Å². The molecule has 0 aliphatic rings. The Balaban J connectivity index is 2.89. The number of carbonyl (C=O) groups is 1. The molecule has 0 saturated heterocycles. The standard InChI is InChI=1S/C10H13NO3/c1-3-14-10(13)8(2)11-7-5-4-6-9(11)12/h4-8H,3H2,1-2H3. The zero-order valence-electron chi connectivity index (χ0n) is 8.27. The molecular formula is C10H13NO3. The van der Waals surface area contributed by atoms with E-state index < -0.39 is 6.04 Å². The SMILES string of the molecule is CCOC(=O)C(C)n1ccccc1=O. The van der Waals surface area contributed by atoms with E-state index in [2.05, 4.69) is 0 Å². The van der Waals surface area contributed by atoms with E-state index in [1.165, 1.54) is 10.6 Å². The maximum absolute atomic E-state index is 11.3. The zero-order valence-corrected chi connectivity index (χ0v) is 8.27. The first-order chi connectivity index (χ1) is 6.66. The predicted molar refractivity (Wildman–Crippen MR) is 52.0 cm³/mol. The molecule has 0 saturated carbocycles. The lowest BCUT2D eigenvalue weighted by Crippen LogP contribution is -2.28. The molecule has 1 heterocycles. The van der Waals surface area contributed by atoms with E-state index in [9.17, 15) is 9.59 Å². The van der Waals surface area contributed by atoms with Crippen LogP contribution in [0.3, 0.4) is 0 Å². The third-order valence-corrected chi connectivity index (χ3v) is 1.90. The van der Waals surface area contributed by atoms with Gasteiger partial charge in [0, 0.05) is 12.3 Å². The summed E-state index contributed by atoms with van der Waals surface area (Å²) in [7, 11) is 0. The first-order valence-electron chi connectivity index (χ1n) is 4.50. The van der Waals surface area contributed by atoms with Gasteiger partial charge < -0.3 is 9.30 Å². The summed E-state index contributed by atoms with van der Waals surface area (Å²) in [4.78, 5) is 22.6. The molecule has 1 aromatic heterocycles. The molecule has 0 fully saturated rings. The molecule has 1 atom stereocenters. The van der Waals surface area contributed by atoms with Crippen LogP contribution in [0, 0.1) is 0 Å². The van der Waals surface area contributed by atoms with Gasteiger partial charge in [-0.2, -0.15) is 0 Å². The van der Waals surface area contributed by atoms with Crippen molar-refractivity contribution in [3.8, 4) is 0 Å². The monoisotopic (exact) mass is 195 g/mol. The summed E-state index contributed by atoms with van der Waals surface area (Å²) < 4.78 is 6.16. The summed E-state index contributed by atoms with van der Waals surface area (Å²) in [5.74, 6) is -0.388. The number of esters is 1. The van der Waals surface area contributed by atoms with E-state index >= 15 is 0 Å². The second-order valence-electron chi connectivity index (χ2n) is 2.87. The Hall–Kier alpha value is -1.58. The van der Waals surface area contributed by atoms with Gasteiger partial charge in [-0.1, -0.05) is 6.07 Å². The molecule has 76 valence electrons. The quantitative estimate of drug-likeness (QED) is 0.675. The molecule has 1 aromatic rings. The molecule has 0 aliphatic carbocycles. The van der Waals surface area contributed by atoms with Crippen LogP contribution in [0.25, 0.3) is 0 Å². The highest BCUT2D eigenvalue weighted by atomic mass is 16.5. The second kappa shape index (κ2) is 4.60. The van der Waals surface area contributed by atoms with Gasteiger partial charge in [-0.25, -0.2) is 4.79 Å². The largest absolute Gasteiger partial charge is 0.464 e. The third-order valence-electron chi connectivity index (χ3n) is 1.90. The lowest BCUT2D eigenvalue weighted by Gasteiger charge is -2.12. The number of nitrogens with zero attached hydrogens (tertiary/aromatic N) is 1. The molecule has 0 aliphatic heterocycles. The summed E-state index contributed by atoms with van der Waals surface area (Å²) in [5, 5.41) is 0. The highest BCUT2D eigenvalue weighted by Gasteiger charge is 2.15. The van der Waals surface area contributed by atoms with Crippen LogP contribution in [-0.4, -0.2) is 17.1 Å². The Morgan fingerprint density at radius 3 is 2.86 bits per heavy atom. The lowest BCUT2D eigenvalue weighted by molar-refractivity contribution is -0.146. The molecule has 4 heteroatoms. The molecule has 0 spiro atoms. The van der Waals surface area contributed by atoms with Crippen molar-refractivity contribution in [2.75, 3.05) is 6.61 Å². The van der Waals surface area contributed by atoms with E-state index in [1.807, 2.05) is 0 Å². The number of pyridine rings is 1. The predicted octanol–water partition coefficient (Wildman–Crippen LogP) is 0.972. The van der Waals surface area contributed by atoms with Crippen molar-refractivity contribution in [3.05, 3.63) is 34.7 Å². The molecule has 0 radical (unpaired) electrons. The Morgan fingerprint density at radius 2 is 2.29 bits per heavy atom. The van der Waals surface area contributed by atoms with Crippen LogP contribution in [0.5, 0.6) is 0 Å². The van der Waals surface area contributed by atoms with E-state index in [0.717, 1.165) is 0 Å². The van der Waals surface area contributed by atoms with E-state index in [1.54, 1.807) is 32.2 Å². The highest BCUT2D eigenvalue weighted by Crippen LogP contribution is 2.03. The number of hydrogen-bond acceptors (Lipinski definition) is 3. The summed E-state index contributed by atoms with van der Waals surface area (Å²) in [6, 6.07) is 4.19. The van der Waals surface area contributed by atoms with Crippen molar-refractivity contribution >= 4 is 5.97 Å². The topological polar surface area (TPSA) is 48.3 Å². The van der Waals surface area contributed by atoms with Gasteiger partial charge in [0.25, 0.3) is 5.56 Å². The Bertz CT molecular complexity index is 370. The summed E-state index contributed by atoms with van der Waals surface area (Å²) in [5.41, 5.74) is -0.201. The number of rotatable bonds is 3. The minimum Gasteiger partial charge on any atom is -0.464 e. The molecule has 4 nitrogen and oxygen atoms in total. The normalized spacial score (nSPS) is 12.1. The molecule has 0 aromatic carbocycles. The van der Waals surface area contributed by atoms with E-state index in [4.69, 9.17) is 4.74 Å². The fourth-order valence-corrected chi connectivity index (χ4v) is 1.14. The molecule has 1 rings (SSSR count). The number of aromatic nitrogens is 1. The van der Waals surface area contributed by atoms with Gasteiger partial charge >= 0.3 is 5.97 Å². The second-order valence-corrected chi connectivity index (χ2v) is 2.87. The summed E-state index contributed by atoms with van der Waals surface area (Å²) in [6.45, 7) is 3.70. The van der Waals surface area contributed by atoms with E-state index in [0.29, 0.717) is 6.61 Å². The van der Waals surface area contributed by atoms with Crippen molar-refractivity contribution in [1.82, 2.24) is 4.57 Å². The van der Waals surface area contributed by atoms with E-state index in [-0.39, 0.29) is 11.5 Å². The van der Waals surface area contributed by atoms with Gasteiger partial charge in [-0.3, -0.25) is 4.79 Å². The Labute approximate surface area is 82.1 Å². The number of ether oxygens (including phenoxy) is 1. The minimum absolute atomic E-state index is 0.201. The molecule has 1 unspecified atom stereocenters. The van der Waals surface area contributed by atoms with Crippen molar-refractivity contribution < 1.29 is 9.53 Å². The molecule has 0 amide bonds. The Morgan fingerprint density at radius 1 is 1.57 bits per heavy atom. The van der Waals surface area contributed by atoms with Crippen molar-refractivity contribution in [2.24, 2.45) is 0 Å². The van der Waals surface area contributed by atoms with Crippen molar-refractivity contribution in [3.63, 3.8) is 0 Å². The average Bonchev–Trinajstić information content (AvgIpc) is 2.18. The molecule has 14 heavy (non-hydrogen) atoms. The van der Waals surface area contributed by atoms with Crippen LogP contribution < -0.4 is 5.56 Å². The third kappa shape index (κ3) is 2.22. The highest BCUT2D eigenvalue weighted by molar-refractivity contribution is 5.73. The summed E-state index contributed by atoms with van der Waals surface area (Å²) >= 11 is 0. The van der Waals surface area contributed by atoms with Crippen LogP contribution in [0.1, 0.15) is 19.9 Å². The minimum atomic E-state index is -0.566. The fourth-order valence-electron chi connectivity index (χ4n) is 1.14. The van der Waals surface area contributed by atoms with Crippen LogP contribution in [0.4, 0.5) is 0 Å². The van der Waals surface area contributed by atoms with Crippen LogP contribution in [-0.2, 0) is 9.53 Å². The van der Waals surface area contributed by atoms with Gasteiger partial charge in [0.2, 0.25) is 0 Å². The Kier molecular flexibility index (Phi) is 3.45. The van der Waals surface area contributed by atoms with Gasteiger partial charge in [0.05, 0.1) is 6.61 Å². The van der Waals surface area contributed by atoms with Crippen molar-refractivity contribution in [1.29, 1.82) is 0 Å². The van der Waals surface area contributed by atoms with Gasteiger partial charge in [0.1, 0.15) is 6.04 Å². The fraction of sp³-hybridized carbons (Fsp3) is 0.400. The van der Waals surface area contributed by atoms with Gasteiger partial charge in [0.15, 0.2) is 0 Å². The summed E-state index contributed by atoms with van der Waals surface area (Å²) in [6.07, 6.45) is 1.57. The van der Waals surface area contributed by atoms with Gasteiger partial charge in [-0.15, -0.1) is 0 Å². The average molecular weight is 195 g/mol. The number of hydrogen-bond donors (Lipinski definition) is 0. The van der Waals surface area contributed by atoms with Crippen LogP contribution >= 0.6 is 0 Å². The van der Waals surface area contributed by atoms with Crippen LogP contribution in [0.15, 0.2) is 29.2 Å². The van der Waals surface area contributed by atoms with Crippen LogP contribution in [0.2, 0.25) is 0 Å². The first-order valence-corrected chi connectivity index (χ1v) is 4.50. The zero-order chi connectivity index (χ0) is 10.6. The maximum Gasteiger partial charge on any atom is 0.328 e. The molecule has 0 N–H and O–H groups in total. The molecular weight excluding hydrogens is 182 g/mol. The smallest absolute Gasteiger partial charge is 0.328 e. The maximum atomic E-state index is 11.3. The molecule has 0 bridgehead atoms. The first kappa shape index (κ1) is 10.5. The van der Waals surface area contributed by atoms with Gasteiger partial charge in [-0.05, 0) is 19.9 Å².